The molecular weight excluding hydrogens is 470 g/mol. The minimum absolute atomic E-state index is 0.0207. The van der Waals surface area contributed by atoms with Gasteiger partial charge in [-0.3, -0.25) is 9.59 Å². The van der Waals surface area contributed by atoms with Crippen LogP contribution in [0.1, 0.15) is 54.8 Å². The number of carbonyl (C=O) groups is 2. The molecule has 37 heavy (non-hydrogen) atoms. The lowest BCUT2D eigenvalue weighted by molar-refractivity contribution is -0.122. The molecule has 8 nitrogen and oxygen atoms in total. The summed E-state index contributed by atoms with van der Waals surface area (Å²) in [4.78, 5) is 24.6. The van der Waals surface area contributed by atoms with Crippen LogP contribution >= 0.6 is 0 Å². The van der Waals surface area contributed by atoms with Crippen LogP contribution < -0.4 is 15.4 Å². The predicted octanol–water partition coefficient (Wildman–Crippen LogP) is 3.79. The van der Waals surface area contributed by atoms with E-state index < -0.39 is 6.23 Å². The van der Waals surface area contributed by atoms with Gasteiger partial charge in [0.05, 0.1) is 25.7 Å². The number of hydrogen-bond acceptors (Lipinski definition) is 5. The Morgan fingerprint density at radius 1 is 1.00 bits per heavy atom. The molecule has 2 amide bonds. The molecular formula is C29H39N3O5. The van der Waals surface area contributed by atoms with E-state index in [9.17, 15) is 14.7 Å². The largest absolute Gasteiger partial charge is 0.497 e. The topological polar surface area (TPSA) is 102 Å². The molecule has 1 atom stereocenters. The third-order valence-electron chi connectivity index (χ3n) is 6.47. The van der Waals surface area contributed by atoms with E-state index in [-0.39, 0.29) is 18.2 Å². The number of ether oxygens (including phenoxy) is 2. The molecule has 0 aliphatic carbocycles. The molecule has 0 aliphatic rings. The highest BCUT2D eigenvalue weighted by Crippen LogP contribution is 2.33. The van der Waals surface area contributed by atoms with Crippen LogP contribution in [0.15, 0.2) is 42.5 Å². The van der Waals surface area contributed by atoms with Crippen LogP contribution in [0.2, 0.25) is 0 Å². The van der Waals surface area contributed by atoms with Crippen LogP contribution in [-0.2, 0) is 20.7 Å². The first-order valence-electron chi connectivity index (χ1n) is 12.9. The number of nitrogens with zero attached hydrogens (tertiary/aromatic N) is 1. The fraction of sp³-hybridized carbons (Fsp3) is 0.448. The van der Waals surface area contributed by atoms with Crippen molar-refractivity contribution >= 4 is 22.7 Å². The molecule has 1 aromatic heterocycles. The molecule has 0 saturated heterocycles. The van der Waals surface area contributed by atoms with Gasteiger partial charge in [-0.15, -0.1) is 0 Å². The lowest BCUT2D eigenvalue weighted by Crippen LogP contribution is -2.28. The Morgan fingerprint density at radius 3 is 2.32 bits per heavy atom. The number of fused-ring (bicyclic) bond motifs is 1. The Hall–Kier alpha value is -3.36. The van der Waals surface area contributed by atoms with Gasteiger partial charge in [0.1, 0.15) is 5.75 Å². The van der Waals surface area contributed by atoms with Gasteiger partial charge in [-0.2, -0.15) is 0 Å². The normalized spacial score (nSPS) is 11.9. The number of aromatic nitrogens is 1. The molecule has 0 spiro atoms. The van der Waals surface area contributed by atoms with Crippen LogP contribution in [0, 0.1) is 13.8 Å². The lowest BCUT2D eigenvalue weighted by atomic mass is 10.1. The van der Waals surface area contributed by atoms with Crippen molar-refractivity contribution in [1.82, 2.24) is 15.2 Å². The van der Waals surface area contributed by atoms with Crippen molar-refractivity contribution in [3.05, 3.63) is 64.8 Å². The smallest absolute Gasteiger partial charge is 0.224 e. The third kappa shape index (κ3) is 7.57. The maximum atomic E-state index is 12.8. The summed E-state index contributed by atoms with van der Waals surface area (Å²) < 4.78 is 12.5. The van der Waals surface area contributed by atoms with Gasteiger partial charge >= 0.3 is 0 Å². The van der Waals surface area contributed by atoms with Gasteiger partial charge in [0.15, 0.2) is 6.23 Å². The zero-order valence-corrected chi connectivity index (χ0v) is 22.3. The van der Waals surface area contributed by atoms with Crippen molar-refractivity contribution in [3.8, 4) is 5.75 Å². The second-order valence-electron chi connectivity index (χ2n) is 9.13. The van der Waals surface area contributed by atoms with Gasteiger partial charge < -0.3 is 29.8 Å². The molecule has 0 bridgehead atoms. The van der Waals surface area contributed by atoms with E-state index in [0.717, 1.165) is 46.1 Å². The second kappa shape index (κ2) is 13.8. The Labute approximate surface area is 219 Å². The summed E-state index contributed by atoms with van der Waals surface area (Å²) in [5, 5.41) is 18.0. The molecule has 1 unspecified atom stereocenters. The van der Waals surface area contributed by atoms with Gasteiger partial charge in [-0.05, 0) is 57.4 Å². The molecule has 0 radical (unpaired) electrons. The maximum absolute atomic E-state index is 12.8. The summed E-state index contributed by atoms with van der Waals surface area (Å²) in [6.45, 7) is 7.98. The van der Waals surface area contributed by atoms with Crippen LogP contribution in [0.3, 0.4) is 0 Å². The fourth-order valence-corrected chi connectivity index (χ4v) is 4.37. The Kier molecular flexibility index (Phi) is 10.5. The monoisotopic (exact) mass is 509 g/mol. The Balaban J connectivity index is 1.64. The highest BCUT2D eigenvalue weighted by Gasteiger charge is 2.22. The SMILES string of the molecule is CCOCCC(=O)NCCCCNC(=O)Cc1c(C)n(C(O)c2ccc(C)cc2)c2ccc(OC)cc12. The van der Waals surface area contributed by atoms with E-state index in [1.807, 2.05) is 67.8 Å². The van der Waals surface area contributed by atoms with Crippen molar-refractivity contribution in [1.29, 1.82) is 0 Å². The number of methoxy groups -OCH3 is 1. The van der Waals surface area contributed by atoms with Gasteiger partial charge in [0.2, 0.25) is 11.8 Å². The van der Waals surface area contributed by atoms with Crippen molar-refractivity contribution in [2.45, 2.75) is 52.7 Å². The highest BCUT2D eigenvalue weighted by atomic mass is 16.5. The summed E-state index contributed by atoms with van der Waals surface area (Å²) >= 11 is 0. The van der Waals surface area contributed by atoms with Crippen molar-refractivity contribution in [2.75, 3.05) is 33.4 Å². The number of unbranched alkanes of at least 4 members (excludes halogenated alkanes) is 1. The first kappa shape index (κ1) is 28.2. The van der Waals surface area contributed by atoms with Gasteiger partial charge in [0, 0.05) is 42.8 Å². The first-order valence-corrected chi connectivity index (χ1v) is 12.9. The minimum atomic E-state index is -0.878. The molecule has 3 aromatic rings. The summed E-state index contributed by atoms with van der Waals surface area (Å²) in [5.74, 6) is 0.586. The van der Waals surface area contributed by atoms with E-state index >= 15 is 0 Å². The fourth-order valence-electron chi connectivity index (χ4n) is 4.37. The van der Waals surface area contributed by atoms with E-state index in [0.29, 0.717) is 38.5 Å². The van der Waals surface area contributed by atoms with E-state index in [4.69, 9.17) is 9.47 Å². The number of rotatable bonds is 14. The van der Waals surface area contributed by atoms with Crippen LogP contribution in [0.25, 0.3) is 10.9 Å². The number of hydrogen-bond donors (Lipinski definition) is 3. The van der Waals surface area contributed by atoms with Gasteiger partial charge in [0.25, 0.3) is 0 Å². The molecule has 1 heterocycles. The average molecular weight is 510 g/mol. The Bertz CT molecular complexity index is 1190. The lowest BCUT2D eigenvalue weighted by Gasteiger charge is -2.17. The van der Waals surface area contributed by atoms with E-state index in [1.54, 1.807) is 7.11 Å². The summed E-state index contributed by atoms with van der Waals surface area (Å²) in [6.07, 6.45) is 1.21. The van der Waals surface area contributed by atoms with Crippen LogP contribution in [0.4, 0.5) is 0 Å². The average Bonchev–Trinajstić information content (AvgIpc) is 3.16. The van der Waals surface area contributed by atoms with Crippen LogP contribution in [0.5, 0.6) is 5.75 Å². The molecule has 3 N–H and O–H groups in total. The molecule has 2 aromatic carbocycles. The summed E-state index contributed by atoms with van der Waals surface area (Å²) in [6, 6.07) is 13.5. The molecule has 200 valence electrons. The van der Waals surface area contributed by atoms with Crippen molar-refractivity contribution in [2.24, 2.45) is 0 Å². The number of amides is 2. The zero-order valence-electron chi connectivity index (χ0n) is 22.3. The molecule has 3 rings (SSSR count). The van der Waals surface area contributed by atoms with E-state index in [2.05, 4.69) is 10.6 Å². The molecule has 8 heteroatoms. The third-order valence-corrected chi connectivity index (χ3v) is 6.47. The molecule has 0 saturated carbocycles. The standard InChI is InChI=1S/C29H39N3O5/c1-5-37-17-14-27(33)30-15-6-7-16-31-28(34)19-24-21(3)32(26-13-12-23(36-4)18-25(24)26)29(35)22-10-8-20(2)9-11-22/h8-13,18,29,35H,5-7,14-17,19H2,1-4H3,(H,30,33)(H,31,34). The second-order valence-corrected chi connectivity index (χ2v) is 9.13. The van der Waals surface area contributed by atoms with Crippen molar-refractivity contribution in [3.63, 3.8) is 0 Å². The maximum Gasteiger partial charge on any atom is 0.224 e. The predicted molar refractivity (Wildman–Crippen MR) is 145 cm³/mol. The highest BCUT2D eigenvalue weighted by molar-refractivity contribution is 5.91. The number of nitrogens with one attached hydrogen (secondary N) is 2. The summed E-state index contributed by atoms with van der Waals surface area (Å²) in [5.41, 5.74) is 4.44. The van der Waals surface area contributed by atoms with Gasteiger partial charge in [-0.1, -0.05) is 29.8 Å². The number of aryl methyl sites for hydroxylation is 1. The number of aliphatic hydroxyl groups excluding tert-OH is 1. The summed E-state index contributed by atoms with van der Waals surface area (Å²) in [7, 11) is 1.61. The molecule has 0 aliphatic heterocycles. The van der Waals surface area contributed by atoms with Crippen molar-refractivity contribution < 1.29 is 24.2 Å². The van der Waals surface area contributed by atoms with Crippen LogP contribution in [-0.4, -0.2) is 54.9 Å². The number of aliphatic hydroxyl groups is 1. The number of carbonyl (C=O) groups excluding carboxylic acids is 2. The molecule has 0 fully saturated rings. The Morgan fingerprint density at radius 2 is 1.68 bits per heavy atom. The minimum Gasteiger partial charge on any atom is -0.497 e. The zero-order chi connectivity index (χ0) is 26.8. The quantitative estimate of drug-likeness (QED) is 0.287. The van der Waals surface area contributed by atoms with Gasteiger partial charge in [-0.25, -0.2) is 0 Å². The number of benzene rings is 2. The first-order chi connectivity index (χ1) is 17.8. The van der Waals surface area contributed by atoms with E-state index in [1.165, 1.54) is 0 Å².